The maximum Gasteiger partial charge on any atom is 0.264 e. The van der Waals surface area contributed by atoms with Crippen LogP contribution in [0.5, 0.6) is 0 Å². The lowest BCUT2D eigenvalue weighted by Gasteiger charge is -2.04. The number of alkyl halides is 1. The highest BCUT2D eigenvalue weighted by Gasteiger charge is 2.05. The molecule has 1 rings (SSSR count). The topological polar surface area (TPSA) is 43.4 Å². The first-order valence-corrected chi connectivity index (χ1v) is 6.71. The lowest BCUT2D eigenvalue weighted by Crippen LogP contribution is -2.02. The third-order valence-corrected chi connectivity index (χ3v) is 2.99. The van der Waals surface area contributed by atoms with Crippen molar-refractivity contribution in [3.05, 3.63) is 33.8 Å². The van der Waals surface area contributed by atoms with E-state index in [0.29, 0.717) is 15.6 Å². The molecule has 0 amide bonds. The van der Waals surface area contributed by atoms with Gasteiger partial charge < -0.3 is 0 Å². The van der Waals surface area contributed by atoms with Gasteiger partial charge in [0.25, 0.3) is 10.1 Å². The van der Waals surface area contributed by atoms with Crippen molar-refractivity contribution in [2.24, 2.45) is 0 Å². The molecule has 0 N–H and O–H groups in total. The highest BCUT2D eigenvalue weighted by molar-refractivity contribution is 9.10. The first kappa shape index (κ1) is 12.6. The van der Waals surface area contributed by atoms with Crippen LogP contribution >= 0.6 is 15.9 Å². The van der Waals surface area contributed by atoms with Gasteiger partial charge in [-0.1, -0.05) is 28.1 Å². The molecular weight excluding hydrogens is 287 g/mol. The minimum atomic E-state index is -3.44. The summed E-state index contributed by atoms with van der Waals surface area (Å²) in [5.41, 5.74) is 1.20. The largest absolute Gasteiger partial charge is 0.265 e. The molecule has 0 fully saturated rings. The number of rotatable bonds is 4. The number of hydrogen-bond acceptors (Lipinski definition) is 3. The second-order valence-corrected chi connectivity index (χ2v) is 5.52. The summed E-state index contributed by atoms with van der Waals surface area (Å²) in [6.07, 6.45) is 0.984. The molecule has 0 aliphatic rings. The molecular formula is C9H10BrFO3S. The maximum absolute atomic E-state index is 12.3. The summed E-state index contributed by atoms with van der Waals surface area (Å²) >= 11 is 3.18. The molecule has 0 aliphatic heterocycles. The van der Waals surface area contributed by atoms with Crippen molar-refractivity contribution in [1.82, 2.24) is 0 Å². The van der Waals surface area contributed by atoms with Gasteiger partial charge in [0.2, 0.25) is 0 Å². The summed E-state index contributed by atoms with van der Waals surface area (Å²) in [5.74, 6) is 0. The van der Waals surface area contributed by atoms with Crippen LogP contribution in [-0.4, -0.2) is 14.7 Å². The quantitative estimate of drug-likeness (QED) is 0.802. The van der Waals surface area contributed by atoms with E-state index >= 15 is 0 Å². The van der Waals surface area contributed by atoms with Crippen molar-refractivity contribution < 1.29 is 17.0 Å². The SMILES string of the molecule is CS(=O)(=O)OCc1ccc(CF)c(Br)c1. The van der Waals surface area contributed by atoms with Crippen LogP contribution in [0.2, 0.25) is 0 Å². The van der Waals surface area contributed by atoms with Crippen molar-refractivity contribution >= 4 is 26.0 Å². The molecule has 0 aromatic heterocycles. The van der Waals surface area contributed by atoms with Gasteiger partial charge in [-0.15, -0.1) is 0 Å². The summed E-state index contributed by atoms with van der Waals surface area (Å²) in [6, 6.07) is 4.86. The molecule has 0 bridgehead atoms. The molecule has 0 saturated carbocycles. The predicted molar refractivity (Wildman–Crippen MR) is 58.6 cm³/mol. The van der Waals surface area contributed by atoms with Gasteiger partial charge in [0.15, 0.2) is 0 Å². The summed E-state index contributed by atoms with van der Waals surface area (Å²) in [4.78, 5) is 0. The standard InChI is InChI=1S/C9H10BrFO3S/c1-15(12,13)14-6-7-2-3-8(5-11)9(10)4-7/h2-4H,5-6H2,1H3. The van der Waals surface area contributed by atoms with Crippen LogP contribution in [0.1, 0.15) is 11.1 Å². The van der Waals surface area contributed by atoms with Crippen molar-refractivity contribution in [2.75, 3.05) is 6.26 Å². The molecule has 0 spiro atoms. The zero-order valence-electron chi connectivity index (χ0n) is 8.04. The van der Waals surface area contributed by atoms with Crippen molar-refractivity contribution in [1.29, 1.82) is 0 Å². The Kier molecular flexibility index (Phi) is 4.24. The molecule has 1 aromatic rings. The van der Waals surface area contributed by atoms with E-state index in [4.69, 9.17) is 0 Å². The van der Waals surface area contributed by atoms with Gasteiger partial charge in [0.1, 0.15) is 6.67 Å². The Morgan fingerprint density at radius 3 is 2.60 bits per heavy atom. The summed E-state index contributed by atoms with van der Waals surface area (Å²) in [6.45, 7) is -0.599. The van der Waals surface area contributed by atoms with E-state index in [9.17, 15) is 12.8 Å². The number of hydrogen-bond donors (Lipinski definition) is 0. The number of halogens is 2. The Labute approximate surface area is 96.5 Å². The first-order chi connectivity index (χ1) is 6.92. The zero-order valence-corrected chi connectivity index (χ0v) is 10.4. The highest BCUT2D eigenvalue weighted by Crippen LogP contribution is 2.20. The Morgan fingerprint density at radius 1 is 1.47 bits per heavy atom. The third kappa shape index (κ3) is 4.27. The number of benzene rings is 1. The third-order valence-electron chi connectivity index (χ3n) is 1.70. The highest BCUT2D eigenvalue weighted by atomic mass is 79.9. The van der Waals surface area contributed by atoms with Crippen molar-refractivity contribution in [3.8, 4) is 0 Å². The van der Waals surface area contributed by atoms with Gasteiger partial charge in [-0.25, -0.2) is 4.39 Å². The Bertz CT molecular complexity index is 445. The lowest BCUT2D eigenvalue weighted by molar-refractivity contribution is 0.311. The average molecular weight is 297 g/mol. The van der Waals surface area contributed by atoms with E-state index in [2.05, 4.69) is 20.1 Å². The van der Waals surface area contributed by atoms with Gasteiger partial charge in [-0.2, -0.15) is 8.42 Å². The second kappa shape index (κ2) is 5.05. The van der Waals surface area contributed by atoms with E-state index < -0.39 is 16.8 Å². The molecule has 0 heterocycles. The molecule has 0 saturated heterocycles. The molecule has 0 atom stereocenters. The van der Waals surface area contributed by atoms with E-state index in [1.54, 1.807) is 18.2 Å². The Hall–Kier alpha value is -0.460. The molecule has 6 heteroatoms. The lowest BCUT2D eigenvalue weighted by atomic mass is 10.2. The minimum Gasteiger partial charge on any atom is -0.265 e. The smallest absolute Gasteiger partial charge is 0.264 e. The molecule has 0 radical (unpaired) electrons. The van der Waals surface area contributed by atoms with Crippen molar-refractivity contribution in [3.63, 3.8) is 0 Å². The van der Waals surface area contributed by atoms with Gasteiger partial charge in [0.05, 0.1) is 12.9 Å². The molecule has 1 aromatic carbocycles. The summed E-state index contributed by atoms with van der Waals surface area (Å²) in [7, 11) is -3.44. The van der Waals surface area contributed by atoms with Gasteiger partial charge in [0, 0.05) is 4.47 Å². The summed E-state index contributed by atoms with van der Waals surface area (Å²) in [5, 5.41) is 0. The summed E-state index contributed by atoms with van der Waals surface area (Å²) < 4.78 is 39.0. The van der Waals surface area contributed by atoms with E-state index in [1.807, 2.05) is 0 Å². The van der Waals surface area contributed by atoms with Gasteiger partial charge in [-0.3, -0.25) is 4.18 Å². The Morgan fingerprint density at radius 2 is 2.13 bits per heavy atom. The van der Waals surface area contributed by atoms with E-state index in [0.717, 1.165) is 6.26 Å². The maximum atomic E-state index is 12.3. The average Bonchev–Trinajstić information content (AvgIpc) is 2.14. The van der Waals surface area contributed by atoms with E-state index in [1.165, 1.54) is 0 Å². The monoisotopic (exact) mass is 296 g/mol. The van der Waals surface area contributed by atoms with Crippen LogP contribution in [0.4, 0.5) is 4.39 Å². The van der Waals surface area contributed by atoms with Crippen LogP contribution < -0.4 is 0 Å². The molecule has 15 heavy (non-hydrogen) atoms. The Balaban J connectivity index is 2.76. The zero-order chi connectivity index (χ0) is 11.5. The van der Waals surface area contributed by atoms with Crippen molar-refractivity contribution in [2.45, 2.75) is 13.3 Å². The molecule has 0 aliphatic carbocycles. The van der Waals surface area contributed by atoms with Crippen LogP contribution in [0.15, 0.2) is 22.7 Å². The second-order valence-electron chi connectivity index (χ2n) is 3.03. The molecule has 3 nitrogen and oxygen atoms in total. The predicted octanol–water partition coefficient (Wildman–Crippen LogP) is 2.39. The van der Waals surface area contributed by atoms with E-state index in [-0.39, 0.29) is 6.61 Å². The first-order valence-electron chi connectivity index (χ1n) is 4.10. The van der Waals surface area contributed by atoms with Gasteiger partial charge in [-0.05, 0) is 17.2 Å². The fourth-order valence-electron chi connectivity index (χ4n) is 0.964. The van der Waals surface area contributed by atoms with Crippen LogP contribution in [0.25, 0.3) is 0 Å². The minimum absolute atomic E-state index is 0.0377. The fraction of sp³-hybridized carbons (Fsp3) is 0.333. The normalized spacial score (nSPS) is 11.7. The fourth-order valence-corrected chi connectivity index (χ4v) is 1.85. The molecule has 84 valence electrons. The van der Waals surface area contributed by atoms with Gasteiger partial charge >= 0.3 is 0 Å². The van der Waals surface area contributed by atoms with Crippen LogP contribution in [0, 0.1) is 0 Å². The van der Waals surface area contributed by atoms with Crippen LogP contribution in [-0.2, 0) is 27.6 Å². The van der Waals surface area contributed by atoms with Crippen LogP contribution in [0.3, 0.4) is 0 Å². The molecule has 0 unspecified atom stereocenters.